The lowest BCUT2D eigenvalue weighted by molar-refractivity contribution is 0.282. The maximum absolute atomic E-state index is 13.5. The average Bonchev–Trinajstić information content (AvgIpc) is 0.750. The number of hydrogen-bond acceptors (Lipinski definition) is 39. The van der Waals surface area contributed by atoms with Crippen LogP contribution in [0.5, 0.6) is 11.5 Å². The van der Waals surface area contributed by atoms with Gasteiger partial charge in [-0.25, -0.2) is 42.0 Å². The number of nitrogens with zero attached hydrogens (tertiary/aromatic N) is 10. The van der Waals surface area contributed by atoms with E-state index < -0.39 is 235 Å². The van der Waals surface area contributed by atoms with Crippen molar-refractivity contribution in [2.24, 2.45) is 20.5 Å². The fraction of sp³-hybridized carbons (Fsp3) is 0.138. The Morgan fingerprint density at radius 2 is 0.643 bits per heavy atom. The lowest BCUT2D eigenvalue weighted by atomic mass is 10.1. The van der Waals surface area contributed by atoms with Crippen molar-refractivity contribution in [1.29, 1.82) is 0 Å². The number of aromatic nitrogens is 6. The second kappa shape index (κ2) is 33.9. The van der Waals surface area contributed by atoms with Crippen LogP contribution in [0.3, 0.4) is 0 Å². The van der Waals surface area contributed by atoms with Crippen LogP contribution < -0.4 is 21.3 Å². The summed E-state index contributed by atoms with van der Waals surface area (Å²) in [5.74, 6) is -7.10. The van der Waals surface area contributed by atoms with E-state index in [1.165, 1.54) is 24.3 Å². The predicted molar refractivity (Wildman–Crippen MR) is 408 cm³/mol. The van der Waals surface area contributed by atoms with Crippen LogP contribution in [0.15, 0.2) is 193 Å². The SMILES string of the molecule is O=S(=O)(O)OCCS(=O)(=O)c1ccc(Nc2nc(Cl)nc(Nc3cc(S(=O)(=O)O)cc4cc(S(=O)(=O)O)c(N=Nc5ccc(S(=O)(=O)CCSCCS(=O)(=O)c6ccc(N=Nc7c(S(=O)(=O)O)cc8cc(S(=O)(=O)O)cc(Nc9nc(Cl)nc(Nc%10ccc(S(=O)(=O)CCOS(=O)(=O)O)cc%10)n9)c8c7O)cc6)cc5)c(O)c34)n2)cc1. The summed E-state index contributed by atoms with van der Waals surface area (Å²) in [5, 5.41) is 46.4. The van der Waals surface area contributed by atoms with Crippen molar-refractivity contribution in [3.8, 4) is 11.5 Å². The van der Waals surface area contributed by atoms with E-state index in [1.54, 1.807) is 0 Å². The number of sulfone groups is 4. The van der Waals surface area contributed by atoms with E-state index in [9.17, 15) is 113 Å². The van der Waals surface area contributed by atoms with Gasteiger partial charge in [-0.2, -0.15) is 102 Å². The number of benzene rings is 8. The molecular formula is C58H50Cl2N14O30S11. The molecule has 2 aromatic heterocycles. The highest BCUT2D eigenvalue weighted by Crippen LogP contribution is 2.48. The quantitative estimate of drug-likeness (QED) is 0.0103. The third-order valence-electron chi connectivity index (χ3n) is 15.1. The summed E-state index contributed by atoms with van der Waals surface area (Å²) in [6, 6.07) is 22.2. The largest absolute Gasteiger partial charge is 0.505 e. The number of hydrogen-bond donors (Lipinski definition) is 12. The molecule has 10 aromatic rings. The summed E-state index contributed by atoms with van der Waals surface area (Å²) in [6.45, 7) is -1.81. The zero-order valence-corrected chi connectivity index (χ0v) is 67.1. The third-order valence-corrected chi connectivity index (χ3v) is 28.2. The van der Waals surface area contributed by atoms with E-state index in [1.807, 2.05) is 0 Å². The van der Waals surface area contributed by atoms with Gasteiger partial charge in [0.25, 0.3) is 40.5 Å². The number of phenols is 2. The van der Waals surface area contributed by atoms with Crippen LogP contribution in [0.1, 0.15) is 0 Å². The van der Waals surface area contributed by atoms with Crippen LogP contribution in [0, 0.1) is 0 Å². The summed E-state index contributed by atoms with van der Waals surface area (Å²) >= 11 is 13.3. The van der Waals surface area contributed by atoms with Gasteiger partial charge in [-0.1, -0.05) is 0 Å². The number of phenolic OH excluding ortho intramolecular Hbond substituents is 2. The Morgan fingerprint density at radius 1 is 0.348 bits per heavy atom. The Hall–Kier alpha value is -9.59. The number of azo groups is 2. The van der Waals surface area contributed by atoms with E-state index in [4.69, 9.17) is 32.3 Å². The number of nitrogens with one attached hydrogen (secondary N) is 4. The Bertz CT molecular complexity index is 6450. The molecule has 115 heavy (non-hydrogen) atoms. The Kier molecular flexibility index (Phi) is 25.9. The van der Waals surface area contributed by atoms with Gasteiger partial charge in [-0.3, -0.25) is 27.3 Å². The lowest BCUT2D eigenvalue weighted by Crippen LogP contribution is -2.15. The van der Waals surface area contributed by atoms with Crippen molar-refractivity contribution in [3.05, 3.63) is 144 Å². The molecule has 0 saturated heterocycles. The molecule has 0 bridgehead atoms. The fourth-order valence-electron chi connectivity index (χ4n) is 9.98. The van der Waals surface area contributed by atoms with Crippen LogP contribution in [0.25, 0.3) is 21.5 Å². The first kappa shape index (κ1) is 87.8. The molecule has 0 saturated carbocycles. The van der Waals surface area contributed by atoms with Crippen LogP contribution in [0.2, 0.25) is 10.6 Å². The molecule has 0 unspecified atom stereocenters. The van der Waals surface area contributed by atoms with Gasteiger partial charge in [0.15, 0.2) is 50.8 Å². The molecule has 0 radical (unpaired) electrons. The third kappa shape index (κ3) is 23.0. The molecule has 8 aromatic carbocycles. The van der Waals surface area contributed by atoms with E-state index in [-0.39, 0.29) is 65.7 Å². The minimum atomic E-state index is -5.40. The van der Waals surface area contributed by atoms with Gasteiger partial charge in [0, 0.05) is 33.7 Å². The van der Waals surface area contributed by atoms with Gasteiger partial charge in [-0.05, 0) is 167 Å². The zero-order chi connectivity index (χ0) is 84.4. The number of thioether (sulfide) groups is 1. The van der Waals surface area contributed by atoms with Crippen molar-refractivity contribution < 1.29 is 130 Å². The van der Waals surface area contributed by atoms with Gasteiger partial charge in [0.1, 0.15) is 21.2 Å². The van der Waals surface area contributed by atoms with Gasteiger partial charge < -0.3 is 31.5 Å². The van der Waals surface area contributed by atoms with Gasteiger partial charge in [0.2, 0.25) is 34.4 Å². The molecule has 10 rings (SSSR count). The first-order chi connectivity index (χ1) is 53.3. The topological polar surface area (TPSA) is 697 Å². The highest BCUT2D eigenvalue weighted by molar-refractivity contribution is 8.02. The molecule has 57 heteroatoms. The van der Waals surface area contributed by atoms with Crippen LogP contribution in [0.4, 0.5) is 69.3 Å². The van der Waals surface area contributed by atoms with Gasteiger partial charge in [-0.15, -0.1) is 10.2 Å². The Balaban J connectivity index is 0.796. The van der Waals surface area contributed by atoms with Gasteiger partial charge in [0.05, 0.1) is 88.3 Å². The maximum Gasteiger partial charge on any atom is 0.397 e. The lowest BCUT2D eigenvalue weighted by Gasteiger charge is -2.15. The number of halogens is 2. The standard InChI is InChI=1S/C58H50Cl2N14O30S11/c59-53-65-55(61-33-1-9-37(10-2-33)106(77,78)21-17-103-114(97,98)99)69-57(67-53)63-43-29-41(110(85,86)87)25-31-27-45(112(91,92)93)49(51(75)47(31)43)73-71-35-5-13-39(14-6-35)108(81,82)23-19-105-20-24-109(83,84)40-15-7-36(8-16-40)72-74-50-46(113(94,95)96)28-32-26-42(111(88,89)90)30-44(48(32)52(50)76)64-58-68-54(60)66-56(70-58)62-34-3-11-38(12-4-34)107(79,80)22-18-104-115(100,101)102/h1-16,25-30,75-76H,17-24H2,(H,85,86,87)(H,88,89,90)(H,91,92,93)(H,94,95,96)(H,97,98,99)(H,100,101,102)(H2,61,63,65,67,69)(H2,62,64,66,68,70). The highest BCUT2D eigenvalue weighted by atomic mass is 35.5. The fourth-order valence-corrected chi connectivity index (χ4v) is 20.2. The minimum Gasteiger partial charge on any atom is -0.505 e. The molecular weight excluding hydrogens is 1800 g/mol. The average molecular weight is 1850 g/mol. The molecule has 612 valence electrons. The zero-order valence-electron chi connectivity index (χ0n) is 56.6. The molecule has 0 spiro atoms. The summed E-state index contributed by atoms with van der Waals surface area (Å²) < 4.78 is 316. The molecule has 12 N–H and O–H groups in total. The summed E-state index contributed by atoms with van der Waals surface area (Å²) in [6.07, 6.45) is 0. The van der Waals surface area contributed by atoms with Crippen molar-refractivity contribution in [2.75, 3.05) is 69.0 Å². The van der Waals surface area contributed by atoms with Gasteiger partial charge >= 0.3 is 20.8 Å². The van der Waals surface area contributed by atoms with E-state index in [0.717, 1.165) is 96.7 Å². The van der Waals surface area contributed by atoms with E-state index >= 15 is 0 Å². The number of fused-ring (bicyclic) bond motifs is 2. The molecule has 0 aliphatic heterocycles. The van der Waals surface area contributed by atoms with Crippen molar-refractivity contribution in [3.63, 3.8) is 0 Å². The second-order valence-corrected chi connectivity index (χ2v) is 41.2. The first-order valence-electron chi connectivity index (χ1n) is 30.8. The first-order valence-corrected chi connectivity index (χ1v) is 47.8. The van der Waals surface area contributed by atoms with E-state index in [0.29, 0.717) is 24.3 Å². The van der Waals surface area contributed by atoms with E-state index in [2.05, 4.69) is 80.0 Å². The smallest absolute Gasteiger partial charge is 0.397 e. The number of aromatic hydroxyl groups is 2. The second-order valence-electron chi connectivity index (χ2n) is 23.0. The minimum absolute atomic E-state index is 0.115. The Morgan fingerprint density at radius 3 is 0.939 bits per heavy atom. The molecule has 0 atom stereocenters. The van der Waals surface area contributed by atoms with Crippen LogP contribution >= 0.6 is 35.0 Å². The Labute approximate surface area is 665 Å². The monoisotopic (exact) mass is 1840 g/mol. The van der Waals surface area contributed by atoms with Crippen molar-refractivity contribution >= 4 is 226 Å². The highest BCUT2D eigenvalue weighted by Gasteiger charge is 2.30. The predicted octanol–water partition coefficient (Wildman–Crippen LogP) is 8.04. The summed E-state index contributed by atoms with van der Waals surface area (Å²) in [5.41, 5.74) is -3.09. The molecule has 2 heterocycles. The molecule has 0 aliphatic rings. The molecule has 0 aliphatic carbocycles. The van der Waals surface area contributed by atoms with Crippen molar-refractivity contribution in [1.82, 2.24) is 29.9 Å². The maximum atomic E-state index is 13.5. The summed E-state index contributed by atoms with van der Waals surface area (Å²) in [7, 11) is -47.5. The normalized spacial score (nSPS) is 13.1. The number of anilines is 8. The molecule has 0 fully saturated rings. The summed E-state index contributed by atoms with van der Waals surface area (Å²) in [4.78, 5) is 18.6. The van der Waals surface area contributed by atoms with Crippen LogP contribution in [-0.2, 0) is 109 Å². The van der Waals surface area contributed by atoms with Crippen molar-refractivity contribution in [2.45, 2.75) is 39.2 Å². The molecule has 44 nitrogen and oxygen atoms in total. The van der Waals surface area contributed by atoms with Crippen LogP contribution in [-0.4, -0.2) is 199 Å². The number of rotatable bonds is 34. The molecule has 0 amide bonds.